The summed E-state index contributed by atoms with van der Waals surface area (Å²) in [5.41, 5.74) is 0. The van der Waals surface area contributed by atoms with Gasteiger partial charge in [-0.05, 0) is 12.8 Å². The van der Waals surface area contributed by atoms with Gasteiger partial charge in [0.05, 0.1) is 12.7 Å². The maximum atomic E-state index is 3.81. The van der Waals surface area contributed by atoms with Gasteiger partial charge >= 0.3 is 0 Å². The van der Waals surface area contributed by atoms with Crippen LogP contribution in [0.25, 0.3) is 6.20 Å². The lowest BCUT2D eigenvalue weighted by Crippen LogP contribution is -3.00. The molecule has 0 atom stereocenters. The molecule has 1 aromatic rings. The molecule has 0 saturated heterocycles. The predicted molar refractivity (Wildman–Crippen MR) is 87.6 cm³/mol. The molecule has 0 unspecified atom stereocenters. The van der Waals surface area contributed by atoms with Crippen molar-refractivity contribution in [1.82, 2.24) is 4.57 Å². The van der Waals surface area contributed by atoms with Crippen molar-refractivity contribution in [3.63, 3.8) is 0 Å². The topological polar surface area (TPSA) is 8.81 Å². The molecule has 0 aliphatic carbocycles. The molecule has 0 aromatic carbocycles. The van der Waals surface area contributed by atoms with Gasteiger partial charge in [-0.3, -0.25) is 0 Å². The number of aryl methyl sites for hydroxylation is 1. The molecule has 0 radical (unpaired) electrons. The lowest BCUT2D eigenvalue weighted by atomic mass is 10.1. The Morgan fingerprint density at radius 2 is 1.52 bits per heavy atom. The Bertz CT molecular complexity index is 371. The lowest BCUT2D eigenvalue weighted by Gasteiger charge is -2.02. The van der Waals surface area contributed by atoms with E-state index < -0.39 is 0 Å². The largest absolute Gasteiger partial charge is 1.00 e. The molecule has 1 aromatic heterocycles. The Labute approximate surface area is 137 Å². The van der Waals surface area contributed by atoms with E-state index in [4.69, 9.17) is 0 Å². The van der Waals surface area contributed by atoms with Crippen molar-refractivity contribution in [1.29, 1.82) is 0 Å². The maximum absolute atomic E-state index is 3.81. The van der Waals surface area contributed by atoms with E-state index in [1.807, 2.05) is 6.20 Å². The summed E-state index contributed by atoms with van der Waals surface area (Å²) < 4.78 is 4.41. The first-order valence-corrected chi connectivity index (χ1v) is 8.49. The fourth-order valence-electron chi connectivity index (χ4n) is 2.72. The molecule has 122 valence electrons. The van der Waals surface area contributed by atoms with Crippen molar-refractivity contribution in [3.05, 3.63) is 24.8 Å². The Morgan fingerprint density at radius 3 is 2.00 bits per heavy atom. The Balaban J connectivity index is 0.00000400. The second kappa shape index (κ2) is 12.9. The number of hydrogen-bond acceptors (Lipinski definition) is 0. The quantitative estimate of drug-likeness (QED) is 0.413. The van der Waals surface area contributed by atoms with Gasteiger partial charge in [0.1, 0.15) is 12.4 Å². The van der Waals surface area contributed by atoms with Gasteiger partial charge in [0.15, 0.2) is 0 Å². The van der Waals surface area contributed by atoms with Crippen molar-refractivity contribution < 1.29 is 17.0 Å². The molecule has 0 amide bonds. The second-order valence-corrected chi connectivity index (χ2v) is 5.81. The molecular weight excluding hydrogens is 280 g/mol. The molecule has 0 saturated carbocycles. The number of unbranched alkanes of at least 4 members (excludes halogenated alkanes) is 9. The zero-order valence-electron chi connectivity index (χ0n) is 14.0. The number of aromatic nitrogens is 2. The summed E-state index contributed by atoms with van der Waals surface area (Å²) in [4.78, 5) is 0. The first kappa shape index (κ1) is 20.2. The first-order chi connectivity index (χ1) is 9.79. The third-order valence-corrected chi connectivity index (χ3v) is 4.15. The average molecular weight is 313 g/mol. The summed E-state index contributed by atoms with van der Waals surface area (Å²) in [6.45, 7) is 9.39. The van der Waals surface area contributed by atoms with Crippen LogP contribution in [0.1, 0.15) is 77.0 Å². The van der Waals surface area contributed by atoms with Crippen LogP contribution < -0.4 is 17.0 Å². The molecule has 0 aliphatic rings. The molecule has 0 spiro atoms. The number of hydrogen-bond donors (Lipinski definition) is 0. The fourth-order valence-corrected chi connectivity index (χ4v) is 2.72. The fraction of sp³-hybridized carbons (Fsp3) is 0.722. The van der Waals surface area contributed by atoms with Gasteiger partial charge in [-0.2, -0.15) is 0 Å². The van der Waals surface area contributed by atoms with Crippen molar-refractivity contribution in [2.24, 2.45) is 0 Å². The van der Waals surface area contributed by atoms with Crippen LogP contribution in [0.5, 0.6) is 0 Å². The van der Waals surface area contributed by atoms with E-state index in [1.165, 1.54) is 70.0 Å². The third-order valence-electron chi connectivity index (χ3n) is 4.15. The van der Waals surface area contributed by atoms with Crippen LogP contribution in [0, 0.1) is 6.92 Å². The van der Waals surface area contributed by atoms with Crippen molar-refractivity contribution >= 4 is 6.20 Å². The van der Waals surface area contributed by atoms with Crippen LogP contribution in [0.2, 0.25) is 0 Å². The highest BCUT2D eigenvalue weighted by molar-refractivity contribution is 4.98. The number of nitrogens with zero attached hydrogens (tertiary/aromatic N) is 2. The van der Waals surface area contributed by atoms with E-state index in [0.717, 1.165) is 6.54 Å². The Kier molecular flexibility index (Phi) is 12.5. The molecule has 0 fully saturated rings. The van der Waals surface area contributed by atoms with Gasteiger partial charge in [-0.1, -0.05) is 64.9 Å². The van der Waals surface area contributed by atoms with Crippen molar-refractivity contribution in [2.75, 3.05) is 0 Å². The summed E-state index contributed by atoms with van der Waals surface area (Å²) in [5, 5.41) is 0. The van der Waals surface area contributed by atoms with Crippen LogP contribution in [0.3, 0.4) is 0 Å². The van der Waals surface area contributed by atoms with E-state index in [0.29, 0.717) is 0 Å². The highest BCUT2D eigenvalue weighted by atomic mass is 35.5. The third kappa shape index (κ3) is 8.31. The molecule has 1 rings (SSSR count). The Hall–Kier alpha value is -0.760. The SMILES string of the molecule is C=C[n+]1ccn(CCCCCCCCCCCC)c1C.[Cl-]. The molecular formula is C18H33ClN2. The van der Waals surface area contributed by atoms with Gasteiger partial charge in [-0.25, -0.2) is 9.13 Å². The average Bonchev–Trinajstić information content (AvgIpc) is 2.81. The minimum atomic E-state index is 0. The van der Waals surface area contributed by atoms with Gasteiger partial charge in [-0.15, -0.1) is 0 Å². The predicted octanol–water partition coefficient (Wildman–Crippen LogP) is 2.11. The second-order valence-electron chi connectivity index (χ2n) is 5.81. The smallest absolute Gasteiger partial charge is 0.257 e. The zero-order chi connectivity index (χ0) is 14.6. The summed E-state index contributed by atoms with van der Waals surface area (Å²) in [6.07, 6.45) is 20.1. The van der Waals surface area contributed by atoms with Crippen molar-refractivity contribution in [3.8, 4) is 0 Å². The minimum absolute atomic E-state index is 0. The highest BCUT2D eigenvalue weighted by Crippen LogP contribution is 2.11. The standard InChI is InChI=1S/C18H33N2.ClH/c1-4-6-7-8-9-10-11-12-13-14-15-20-17-16-19(5-2)18(20)3;/h5,16-17H,2,4,6-15H2,1,3H3;1H/q+1;/p-1. The van der Waals surface area contributed by atoms with Crippen LogP contribution in [-0.4, -0.2) is 4.57 Å². The van der Waals surface area contributed by atoms with Crippen molar-refractivity contribution in [2.45, 2.75) is 84.6 Å². The van der Waals surface area contributed by atoms with Gasteiger partial charge in [0.25, 0.3) is 5.82 Å². The summed E-state index contributed by atoms with van der Waals surface area (Å²) in [7, 11) is 0. The molecule has 2 nitrogen and oxygen atoms in total. The van der Waals surface area contributed by atoms with E-state index in [2.05, 4.69) is 42.0 Å². The number of rotatable bonds is 12. The Morgan fingerprint density at radius 1 is 1.00 bits per heavy atom. The molecule has 0 aliphatic heterocycles. The molecule has 0 bridgehead atoms. The number of halogens is 1. The molecule has 3 heteroatoms. The molecule has 21 heavy (non-hydrogen) atoms. The van der Waals surface area contributed by atoms with Crippen LogP contribution >= 0.6 is 0 Å². The van der Waals surface area contributed by atoms with Gasteiger partial charge in [0.2, 0.25) is 0 Å². The van der Waals surface area contributed by atoms with E-state index in [1.54, 1.807) is 0 Å². The van der Waals surface area contributed by atoms with Crippen LogP contribution in [0.4, 0.5) is 0 Å². The van der Waals surface area contributed by atoms with E-state index >= 15 is 0 Å². The molecule has 1 heterocycles. The van der Waals surface area contributed by atoms with Crippen LogP contribution in [-0.2, 0) is 6.54 Å². The summed E-state index contributed by atoms with van der Waals surface area (Å²) in [6, 6.07) is 0. The van der Waals surface area contributed by atoms with Gasteiger partial charge in [0, 0.05) is 6.92 Å². The maximum Gasteiger partial charge on any atom is 0.257 e. The lowest BCUT2D eigenvalue weighted by molar-refractivity contribution is -0.574. The normalized spacial score (nSPS) is 10.4. The van der Waals surface area contributed by atoms with Crippen LogP contribution in [0.15, 0.2) is 19.0 Å². The summed E-state index contributed by atoms with van der Waals surface area (Å²) >= 11 is 0. The highest BCUT2D eigenvalue weighted by Gasteiger charge is 2.08. The zero-order valence-corrected chi connectivity index (χ0v) is 14.7. The van der Waals surface area contributed by atoms with E-state index in [-0.39, 0.29) is 12.4 Å². The summed E-state index contributed by atoms with van der Waals surface area (Å²) in [5.74, 6) is 1.27. The van der Waals surface area contributed by atoms with Gasteiger partial charge < -0.3 is 12.4 Å². The monoisotopic (exact) mass is 312 g/mol. The van der Waals surface area contributed by atoms with E-state index in [9.17, 15) is 0 Å². The number of imidazole rings is 1. The first-order valence-electron chi connectivity index (χ1n) is 8.49. The molecule has 0 N–H and O–H groups in total. The minimum Gasteiger partial charge on any atom is -1.00 e.